The molecule has 4 aliphatic carbocycles. The zero-order valence-corrected chi connectivity index (χ0v) is 23.0. The van der Waals surface area contributed by atoms with Gasteiger partial charge in [-0.3, -0.25) is 0 Å². The second-order valence-corrected chi connectivity index (χ2v) is 13.9. The van der Waals surface area contributed by atoms with Gasteiger partial charge in [-0.2, -0.15) is 5.10 Å². The Morgan fingerprint density at radius 2 is 1.77 bits per heavy atom. The van der Waals surface area contributed by atoms with Crippen LogP contribution in [0.3, 0.4) is 0 Å². The summed E-state index contributed by atoms with van der Waals surface area (Å²) in [6.07, 6.45) is 15.2. The lowest BCUT2D eigenvalue weighted by molar-refractivity contribution is -0.0388. The lowest BCUT2D eigenvalue weighted by atomic mass is 9.47. The van der Waals surface area contributed by atoms with Gasteiger partial charge in [0.25, 0.3) is 0 Å². The summed E-state index contributed by atoms with van der Waals surface area (Å²) < 4.78 is 2.37. The molecule has 2 fully saturated rings. The Balaban J connectivity index is 1.33. The molecule has 0 saturated heterocycles. The van der Waals surface area contributed by atoms with E-state index in [2.05, 4.69) is 69.6 Å². The molecular weight excluding hydrogens is 424 g/mol. The normalized spacial score (nSPS) is 36.5. The highest BCUT2D eigenvalue weighted by Crippen LogP contribution is 2.66. The number of benzene rings is 1. The third-order valence-electron chi connectivity index (χ3n) is 11.6. The third-order valence-corrected chi connectivity index (χ3v) is 11.6. The molecule has 35 heavy (non-hydrogen) atoms. The Kier molecular flexibility index (Phi) is 5.97. The highest BCUT2D eigenvalue weighted by molar-refractivity contribution is 5.45. The van der Waals surface area contributed by atoms with Crippen LogP contribution in [0.15, 0.2) is 30.3 Å². The largest absolute Gasteiger partial charge is 0.237 e. The summed E-state index contributed by atoms with van der Waals surface area (Å²) in [6.45, 7) is 12.7. The topological polar surface area (TPSA) is 17.8 Å². The first-order valence-corrected chi connectivity index (χ1v) is 15.0. The zero-order chi connectivity index (χ0) is 24.4. The molecule has 0 N–H and O–H groups in total. The molecule has 0 bridgehead atoms. The maximum Gasteiger partial charge on any atom is 0.0669 e. The van der Waals surface area contributed by atoms with E-state index >= 15 is 0 Å². The molecule has 4 aliphatic rings. The fraction of sp³-hybridized carbons (Fsp3) is 0.727. The predicted octanol–water partition coefficient (Wildman–Crippen LogP) is 8.54. The molecule has 2 saturated carbocycles. The molecule has 0 radical (unpaired) electrons. The van der Waals surface area contributed by atoms with E-state index < -0.39 is 0 Å². The van der Waals surface area contributed by atoms with Crippen LogP contribution in [0.5, 0.6) is 0 Å². The molecule has 0 aliphatic heterocycles. The molecule has 2 nitrogen and oxygen atoms in total. The Morgan fingerprint density at radius 3 is 2.54 bits per heavy atom. The van der Waals surface area contributed by atoms with Crippen molar-refractivity contribution in [2.24, 2.45) is 40.9 Å². The first-order valence-electron chi connectivity index (χ1n) is 15.0. The molecular formula is C33H48N2. The summed E-state index contributed by atoms with van der Waals surface area (Å²) in [4.78, 5) is 0. The minimum Gasteiger partial charge on any atom is -0.237 e. The van der Waals surface area contributed by atoms with Crippen LogP contribution in [0.4, 0.5) is 0 Å². The number of para-hydroxylation sites is 1. The predicted molar refractivity (Wildman–Crippen MR) is 146 cm³/mol. The van der Waals surface area contributed by atoms with Crippen molar-refractivity contribution < 1.29 is 0 Å². The van der Waals surface area contributed by atoms with E-state index in [4.69, 9.17) is 5.10 Å². The average molecular weight is 473 g/mol. The average Bonchev–Trinajstić information content (AvgIpc) is 3.38. The number of aromatic nitrogens is 2. The van der Waals surface area contributed by atoms with Crippen molar-refractivity contribution in [1.29, 1.82) is 0 Å². The van der Waals surface area contributed by atoms with E-state index in [1.807, 2.05) is 0 Å². The van der Waals surface area contributed by atoms with Crippen molar-refractivity contribution in [3.05, 3.63) is 47.3 Å². The minimum atomic E-state index is 0.334. The van der Waals surface area contributed by atoms with Crippen molar-refractivity contribution >= 4 is 0 Å². The van der Waals surface area contributed by atoms with Crippen molar-refractivity contribution in [2.45, 2.75) is 111 Å². The Bertz CT molecular complexity index is 1050. The summed E-state index contributed by atoms with van der Waals surface area (Å²) >= 11 is 0. The van der Waals surface area contributed by atoms with Gasteiger partial charge in [-0.15, -0.1) is 0 Å². The number of aryl methyl sites for hydroxylation is 1. The van der Waals surface area contributed by atoms with Crippen LogP contribution in [0.1, 0.15) is 109 Å². The maximum atomic E-state index is 5.30. The molecule has 2 aromatic rings. The number of rotatable bonds is 6. The van der Waals surface area contributed by atoms with Gasteiger partial charge in [-0.25, -0.2) is 4.68 Å². The van der Waals surface area contributed by atoms with Gasteiger partial charge in [-0.1, -0.05) is 72.1 Å². The second kappa shape index (κ2) is 8.77. The Morgan fingerprint density at radius 1 is 0.971 bits per heavy atom. The highest BCUT2D eigenvalue weighted by atomic mass is 15.3. The second-order valence-electron chi connectivity index (χ2n) is 13.9. The first kappa shape index (κ1) is 23.8. The van der Waals surface area contributed by atoms with E-state index in [1.165, 1.54) is 82.0 Å². The van der Waals surface area contributed by atoms with Gasteiger partial charge < -0.3 is 0 Å². The Labute approximate surface area is 214 Å². The summed E-state index contributed by atoms with van der Waals surface area (Å²) in [5, 5.41) is 5.30. The molecule has 6 rings (SSSR count). The Hall–Kier alpha value is -1.57. The monoisotopic (exact) mass is 472 g/mol. The smallest absolute Gasteiger partial charge is 0.0669 e. The maximum absolute atomic E-state index is 5.30. The van der Waals surface area contributed by atoms with Gasteiger partial charge in [-0.05, 0) is 110 Å². The van der Waals surface area contributed by atoms with Gasteiger partial charge in [0.05, 0.1) is 11.4 Å². The lowest BCUT2D eigenvalue weighted by Crippen LogP contribution is -2.53. The van der Waals surface area contributed by atoms with Crippen LogP contribution < -0.4 is 0 Å². The summed E-state index contributed by atoms with van der Waals surface area (Å²) in [5.74, 6) is 5.24. The van der Waals surface area contributed by atoms with Gasteiger partial charge >= 0.3 is 0 Å². The lowest BCUT2D eigenvalue weighted by Gasteiger charge is -2.57. The third kappa shape index (κ3) is 3.67. The molecule has 190 valence electrons. The van der Waals surface area contributed by atoms with Crippen LogP contribution >= 0.6 is 0 Å². The molecule has 0 spiro atoms. The van der Waals surface area contributed by atoms with Crippen LogP contribution in [0.2, 0.25) is 0 Å². The van der Waals surface area contributed by atoms with Crippen molar-refractivity contribution in [2.75, 3.05) is 0 Å². The SMILES string of the molecule is CC(C)CCCC(C)C1CCC2C3Cc4c5c(nn4-c4ccccc4)CCCC5(C)C3CCC12C. The molecule has 2 heteroatoms. The zero-order valence-electron chi connectivity index (χ0n) is 23.0. The van der Waals surface area contributed by atoms with Gasteiger partial charge in [0.1, 0.15) is 0 Å². The van der Waals surface area contributed by atoms with E-state index in [0.29, 0.717) is 10.8 Å². The summed E-state index contributed by atoms with van der Waals surface area (Å²) in [5.41, 5.74) is 6.82. The fourth-order valence-electron chi connectivity index (χ4n) is 10.0. The highest BCUT2D eigenvalue weighted by Gasteiger charge is 2.60. The van der Waals surface area contributed by atoms with Crippen molar-refractivity contribution in [3.8, 4) is 5.69 Å². The number of hydrogen-bond donors (Lipinski definition) is 0. The molecule has 0 amide bonds. The van der Waals surface area contributed by atoms with Crippen molar-refractivity contribution in [3.63, 3.8) is 0 Å². The summed E-state index contributed by atoms with van der Waals surface area (Å²) in [6, 6.07) is 11.0. The van der Waals surface area contributed by atoms with Crippen LogP contribution in [0, 0.1) is 40.9 Å². The molecule has 7 unspecified atom stereocenters. The fourth-order valence-corrected chi connectivity index (χ4v) is 10.0. The molecule has 7 atom stereocenters. The number of nitrogens with zero attached hydrogens (tertiary/aromatic N) is 2. The van der Waals surface area contributed by atoms with Gasteiger partial charge in [0.2, 0.25) is 0 Å². The molecule has 1 aromatic carbocycles. The number of fused-ring (bicyclic) bond motifs is 4. The molecule has 1 aromatic heterocycles. The van der Waals surface area contributed by atoms with E-state index in [0.717, 1.165) is 35.5 Å². The summed E-state index contributed by atoms with van der Waals surface area (Å²) in [7, 11) is 0. The van der Waals surface area contributed by atoms with E-state index in [9.17, 15) is 0 Å². The van der Waals surface area contributed by atoms with Gasteiger partial charge in [0.15, 0.2) is 0 Å². The van der Waals surface area contributed by atoms with Crippen LogP contribution in [-0.2, 0) is 18.3 Å². The quantitative estimate of drug-likeness (QED) is 0.412. The van der Waals surface area contributed by atoms with Crippen LogP contribution in [-0.4, -0.2) is 9.78 Å². The van der Waals surface area contributed by atoms with E-state index in [-0.39, 0.29) is 0 Å². The minimum absolute atomic E-state index is 0.334. The molecule has 1 heterocycles. The number of hydrogen-bond acceptors (Lipinski definition) is 1. The standard InChI is InChI=1S/C33H48N2/c1-22(2)11-9-12-23(3)26-16-17-27-25-21-30-31-29(34-35(30)24-13-7-6-8-14-24)15-10-19-33(31,5)28(25)18-20-32(26,27)4/h6-8,13-14,22-23,25-28H,9-12,15-21H2,1-5H3. The van der Waals surface area contributed by atoms with Crippen molar-refractivity contribution in [1.82, 2.24) is 9.78 Å². The van der Waals surface area contributed by atoms with Crippen LogP contribution in [0.25, 0.3) is 5.69 Å². The van der Waals surface area contributed by atoms with Gasteiger partial charge in [0, 0.05) is 11.3 Å². The van der Waals surface area contributed by atoms with E-state index in [1.54, 1.807) is 11.3 Å². The first-order chi connectivity index (χ1) is 16.8.